The molecule has 0 amide bonds. The highest BCUT2D eigenvalue weighted by Gasteiger charge is 2.16. The topological polar surface area (TPSA) is 62.1 Å². The van der Waals surface area contributed by atoms with Crippen LogP contribution in [0.25, 0.3) is 0 Å². The van der Waals surface area contributed by atoms with Gasteiger partial charge in [-0.2, -0.15) is 5.26 Å². The highest BCUT2D eigenvalue weighted by atomic mass is 32.2. The summed E-state index contributed by atoms with van der Waals surface area (Å²) in [6.45, 7) is 2.52. The third kappa shape index (κ3) is 4.68. The second-order valence-electron chi connectivity index (χ2n) is 3.58. The minimum absolute atomic E-state index is 0.0188. The molecule has 0 radical (unpaired) electrons. The number of rotatable bonds is 6. The lowest BCUT2D eigenvalue weighted by molar-refractivity contribution is -0.138. The first-order chi connectivity index (χ1) is 9.22. The van der Waals surface area contributed by atoms with Gasteiger partial charge in [-0.15, -0.1) is 11.8 Å². The van der Waals surface area contributed by atoms with Crippen molar-refractivity contribution < 1.29 is 9.53 Å². The summed E-state index contributed by atoms with van der Waals surface area (Å²) < 4.78 is 4.86. The highest BCUT2D eigenvalue weighted by molar-refractivity contribution is 8.02. The van der Waals surface area contributed by atoms with Crippen LogP contribution in [0, 0.1) is 11.3 Å². The van der Waals surface area contributed by atoms with Crippen LogP contribution in [0.1, 0.15) is 12.5 Å². The molecule has 0 atom stereocenters. The minimum atomic E-state index is -0.588. The number of benzene rings is 1. The molecule has 0 fully saturated rings. The van der Waals surface area contributed by atoms with Crippen LogP contribution < -0.4 is 5.32 Å². The van der Waals surface area contributed by atoms with Gasteiger partial charge in [-0.1, -0.05) is 30.3 Å². The largest absolute Gasteiger partial charge is 0.462 e. The van der Waals surface area contributed by atoms with Gasteiger partial charge in [0.15, 0.2) is 5.57 Å². The van der Waals surface area contributed by atoms with Crippen molar-refractivity contribution in [2.45, 2.75) is 13.5 Å². The summed E-state index contributed by atoms with van der Waals surface area (Å²) in [5, 5.41) is 12.7. The molecule has 19 heavy (non-hydrogen) atoms. The summed E-state index contributed by atoms with van der Waals surface area (Å²) in [5.74, 6) is -0.588. The molecule has 1 N–H and O–H groups in total. The van der Waals surface area contributed by atoms with Crippen molar-refractivity contribution in [1.29, 1.82) is 5.26 Å². The number of carbonyl (C=O) groups excluding carboxylic acids is 1. The lowest BCUT2D eigenvalue weighted by Gasteiger charge is -2.10. The number of carbonyl (C=O) groups is 1. The summed E-state index contributed by atoms with van der Waals surface area (Å²) >= 11 is 1.32. The zero-order valence-electron chi connectivity index (χ0n) is 11.0. The van der Waals surface area contributed by atoms with Gasteiger partial charge in [0.05, 0.1) is 11.6 Å². The van der Waals surface area contributed by atoms with E-state index in [1.807, 2.05) is 42.7 Å². The highest BCUT2D eigenvalue weighted by Crippen LogP contribution is 2.15. The Bertz CT molecular complexity index is 492. The number of esters is 1. The number of nitriles is 1. The fraction of sp³-hybridized carbons (Fsp3) is 0.286. The van der Waals surface area contributed by atoms with Crippen molar-refractivity contribution in [3.63, 3.8) is 0 Å². The van der Waals surface area contributed by atoms with E-state index in [0.29, 0.717) is 11.6 Å². The third-order valence-electron chi connectivity index (χ3n) is 2.32. The van der Waals surface area contributed by atoms with E-state index in [2.05, 4.69) is 5.32 Å². The minimum Gasteiger partial charge on any atom is -0.462 e. The summed E-state index contributed by atoms with van der Waals surface area (Å²) in [5.41, 5.74) is 1.10. The van der Waals surface area contributed by atoms with E-state index in [0.717, 1.165) is 5.56 Å². The maximum Gasteiger partial charge on any atom is 0.351 e. The number of ether oxygens (including phenoxy) is 1. The van der Waals surface area contributed by atoms with E-state index in [1.165, 1.54) is 11.8 Å². The molecule has 0 aromatic heterocycles. The summed E-state index contributed by atoms with van der Waals surface area (Å²) in [4.78, 5) is 11.6. The molecule has 1 aromatic carbocycles. The molecular formula is C14H16N2O2S. The number of hydrogen-bond acceptors (Lipinski definition) is 5. The Morgan fingerprint density at radius 2 is 2.11 bits per heavy atom. The molecule has 1 aromatic rings. The zero-order chi connectivity index (χ0) is 14.1. The molecule has 5 heteroatoms. The van der Waals surface area contributed by atoms with E-state index in [4.69, 9.17) is 10.00 Å². The Balaban J connectivity index is 2.80. The Hall–Kier alpha value is -1.93. The summed E-state index contributed by atoms with van der Waals surface area (Å²) in [6.07, 6.45) is 1.81. The Morgan fingerprint density at radius 1 is 1.42 bits per heavy atom. The lowest BCUT2D eigenvalue weighted by atomic mass is 10.2. The van der Waals surface area contributed by atoms with Crippen molar-refractivity contribution in [2.24, 2.45) is 0 Å². The van der Waals surface area contributed by atoms with Gasteiger partial charge in [-0.25, -0.2) is 4.79 Å². The normalized spacial score (nSPS) is 11.2. The maximum absolute atomic E-state index is 11.6. The second-order valence-corrected chi connectivity index (χ2v) is 4.40. The van der Waals surface area contributed by atoms with Crippen molar-refractivity contribution in [1.82, 2.24) is 5.32 Å². The molecule has 0 aliphatic heterocycles. The molecule has 0 saturated heterocycles. The maximum atomic E-state index is 11.6. The predicted molar refractivity (Wildman–Crippen MR) is 76.1 cm³/mol. The van der Waals surface area contributed by atoms with E-state index >= 15 is 0 Å². The quantitative estimate of drug-likeness (QED) is 0.491. The fourth-order valence-electron chi connectivity index (χ4n) is 1.43. The molecule has 0 aliphatic rings. The summed E-state index contributed by atoms with van der Waals surface area (Å²) in [7, 11) is 0. The number of nitrogens with zero attached hydrogens (tertiary/aromatic N) is 1. The molecule has 0 heterocycles. The molecule has 0 bridgehead atoms. The molecule has 4 nitrogen and oxygen atoms in total. The van der Waals surface area contributed by atoms with Crippen LogP contribution in [0.5, 0.6) is 0 Å². The van der Waals surface area contributed by atoms with Gasteiger partial charge in [-0.05, 0) is 18.7 Å². The van der Waals surface area contributed by atoms with E-state index in [-0.39, 0.29) is 12.2 Å². The van der Waals surface area contributed by atoms with Crippen LogP contribution in [-0.2, 0) is 16.1 Å². The third-order valence-corrected chi connectivity index (χ3v) is 3.08. The van der Waals surface area contributed by atoms with Gasteiger partial charge in [0.25, 0.3) is 0 Å². The number of hydrogen-bond donors (Lipinski definition) is 1. The van der Waals surface area contributed by atoms with Gasteiger partial charge in [0.2, 0.25) is 0 Å². The predicted octanol–water partition coefficient (Wildman–Crippen LogP) is 2.44. The number of thioether (sulfide) groups is 1. The van der Waals surface area contributed by atoms with Gasteiger partial charge in [0.1, 0.15) is 6.07 Å². The van der Waals surface area contributed by atoms with Crippen molar-refractivity contribution in [2.75, 3.05) is 12.9 Å². The Kier molecular flexibility index (Phi) is 6.55. The average Bonchev–Trinajstić information content (AvgIpc) is 2.44. The smallest absolute Gasteiger partial charge is 0.351 e. The van der Waals surface area contributed by atoms with Gasteiger partial charge < -0.3 is 10.1 Å². The van der Waals surface area contributed by atoms with Gasteiger partial charge in [-0.3, -0.25) is 0 Å². The van der Waals surface area contributed by atoms with Crippen LogP contribution in [0.3, 0.4) is 0 Å². The van der Waals surface area contributed by atoms with E-state index < -0.39 is 5.97 Å². The molecule has 1 rings (SSSR count). The van der Waals surface area contributed by atoms with Crippen molar-refractivity contribution in [3.05, 3.63) is 46.5 Å². The monoisotopic (exact) mass is 276 g/mol. The first-order valence-corrected chi connectivity index (χ1v) is 7.08. The molecule has 0 aliphatic carbocycles. The van der Waals surface area contributed by atoms with Crippen LogP contribution in [0.15, 0.2) is 40.9 Å². The van der Waals surface area contributed by atoms with Gasteiger partial charge in [0, 0.05) is 6.54 Å². The fourth-order valence-corrected chi connectivity index (χ4v) is 1.98. The first-order valence-electron chi connectivity index (χ1n) is 5.86. The zero-order valence-corrected chi connectivity index (χ0v) is 11.8. The first kappa shape index (κ1) is 15.1. The Morgan fingerprint density at radius 3 is 2.63 bits per heavy atom. The van der Waals surface area contributed by atoms with Crippen LogP contribution in [0.2, 0.25) is 0 Å². The standard InChI is InChI=1S/C14H16N2O2S/c1-3-18-14(17)12(9-15)13(19-2)16-10-11-7-5-4-6-8-11/h4-8,16H,3,10H2,1-2H3/b13-12-. The SMILES string of the molecule is CCOC(=O)/C(C#N)=C(/NCc1ccccc1)SC. The molecular weight excluding hydrogens is 260 g/mol. The molecule has 0 spiro atoms. The van der Waals surface area contributed by atoms with Crippen LogP contribution >= 0.6 is 11.8 Å². The molecule has 0 unspecified atom stereocenters. The van der Waals surface area contributed by atoms with Crippen LogP contribution in [-0.4, -0.2) is 18.8 Å². The molecule has 0 saturated carbocycles. The average molecular weight is 276 g/mol. The Labute approximate surface area is 117 Å². The van der Waals surface area contributed by atoms with Crippen molar-refractivity contribution >= 4 is 17.7 Å². The van der Waals surface area contributed by atoms with E-state index in [9.17, 15) is 4.79 Å². The van der Waals surface area contributed by atoms with Crippen molar-refractivity contribution in [3.8, 4) is 6.07 Å². The van der Waals surface area contributed by atoms with Gasteiger partial charge >= 0.3 is 5.97 Å². The molecule has 100 valence electrons. The second kappa shape index (κ2) is 8.22. The lowest BCUT2D eigenvalue weighted by Crippen LogP contribution is -2.17. The van der Waals surface area contributed by atoms with Crippen LogP contribution in [0.4, 0.5) is 0 Å². The van der Waals surface area contributed by atoms with E-state index in [1.54, 1.807) is 6.92 Å². The summed E-state index contributed by atoms with van der Waals surface area (Å²) in [6, 6.07) is 11.7. The number of nitrogens with one attached hydrogen (secondary N) is 1.